The molecule has 3 rings (SSSR count). The summed E-state index contributed by atoms with van der Waals surface area (Å²) in [6.45, 7) is 6.93. The van der Waals surface area contributed by atoms with Gasteiger partial charge in [-0.2, -0.15) is 0 Å². The summed E-state index contributed by atoms with van der Waals surface area (Å²) in [4.78, 5) is 18.0. The van der Waals surface area contributed by atoms with Crippen molar-refractivity contribution in [2.75, 3.05) is 18.6 Å². The van der Waals surface area contributed by atoms with Crippen LogP contribution in [0.2, 0.25) is 0 Å². The van der Waals surface area contributed by atoms with Gasteiger partial charge in [0.2, 0.25) is 5.91 Å². The van der Waals surface area contributed by atoms with E-state index in [9.17, 15) is 4.79 Å². The van der Waals surface area contributed by atoms with Crippen molar-refractivity contribution in [3.8, 4) is 17.1 Å². The second-order valence-electron chi connectivity index (χ2n) is 5.92. The molecule has 2 aromatic heterocycles. The zero-order valence-corrected chi connectivity index (χ0v) is 18.0. The van der Waals surface area contributed by atoms with Crippen LogP contribution in [0.4, 0.5) is 5.13 Å². The minimum Gasteiger partial charge on any atom is -0.496 e. The van der Waals surface area contributed by atoms with Crippen LogP contribution >= 0.6 is 23.1 Å². The molecule has 0 aliphatic rings. The average Bonchev–Trinajstić information content (AvgIpc) is 3.33. The zero-order valence-electron chi connectivity index (χ0n) is 16.4. The van der Waals surface area contributed by atoms with Gasteiger partial charge in [0, 0.05) is 31.1 Å². The molecular weight excluding hydrogens is 394 g/mol. The monoisotopic (exact) mass is 417 g/mol. The lowest BCUT2D eigenvalue weighted by Gasteiger charge is -2.14. The number of methoxy groups -OCH3 is 1. The van der Waals surface area contributed by atoms with Gasteiger partial charge in [-0.05, 0) is 26.0 Å². The van der Waals surface area contributed by atoms with E-state index < -0.39 is 0 Å². The van der Waals surface area contributed by atoms with Crippen molar-refractivity contribution in [2.45, 2.75) is 38.2 Å². The molecule has 1 amide bonds. The van der Waals surface area contributed by atoms with E-state index in [1.807, 2.05) is 36.6 Å². The molecule has 0 bridgehead atoms. The molecular formula is C19H23N5O2S2. The first-order valence-electron chi connectivity index (χ1n) is 9.00. The largest absolute Gasteiger partial charge is 0.496 e. The maximum Gasteiger partial charge on any atom is 0.225 e. The molecule has 148 valence electrons. The average molecular weight is 418 g/mol. The van der Waals surface area contributed by atoms with Crippen LogP contribution in [0.3, 0.4) is 0 Å². The van der Waals surface area contributed by atoms with Gasteiger partial charge in [0.05, 0.1) is 18.4 Å². The number of hydrogen-bond donors (Lipinski definition) is 0. The highest BCUT2D eigenvalue weighted by Crippen LogP contribution is 2.32. The predicted molar refractivity (Wildman–Crippen MR) is 113 cm³/mol. The van der Waals surface area contributed by atoms with Crippen LogP contribution in [0.1, 0.15) is 26.5 Å². The van der Waals surface area contributed by atoms with Crippen molar-refractivity contribution in [1.29, 1.82) is 0 Å². The predicted octanol–water partition coefficient (Wildman–Crippen LogP) is 4.10. The summed E-state index contributed by atoms with van der Waals surface area (Å²) in [6.07, 6.45) is 0. The van der Waals surface area contributed by atoms with Gasteiger partial charge in [-0.3, -0.25) is 9.69 Å². The molecule has 0 unspecified atom stereocenters. The van der Waals surface area contributed by atoms with Crippen molar-refractivity contribution < 1.29 is 9.53 Å². The molecule has 0 saturated carbocycles. The Morgan fingerprint density at radius 3 is 2.75 bits per heavy atom. The minimum absolute atomic E-state index is 0.00299. The lowest BCUT2D eigenvalue weighted by Crippen LogP contribution is -2.27. The number of hydrogen-bond acceptors (Lipinski definition) is 7. The Bertz CT molecular complexity index is 953. The van der Waals surface area contributed by atoms with Gasteiger partial charge in [0.1, 0.15) is 5.75 Å². The molecule has 0 N–H and O–H groups in total. The number of carbonyl (C=O) groups is 1. The van der Waals surface area contributed by atoms with Gasteiger partial charge in [-0.1, -0.05) is 23.9 Å². The molecule has 0 atom stereocenters. The molecule has 0 spiro atoms. The highest BCUT2D eigenvalue weighted by molar-refractivity contribution is 7.98. The van der Waals surface area contributed by atoms with Gasteiger partial charge in [0.25, 0.3) is 0 Å². The number of thiazole rings is 1. The minimum atomic E-state index is 0.00299. The summed E-state index contributed by atoms with van der Waals surface area (Å²) >= 11 is 3.07. The number of amides is 1. The molecule has 0 radical (unpaired) electrons. The second-order valence-corrected chi connectivity index (χ2v) is 7.70. The van der Waals surface area contributed by atoms with E-state index in [1.54, 1.807) is 30.7 Å². The molecule has 0 aliphatic heterocycles. The zero-order chi connectivity index (χ0) is 20.1. The molecule has 7 nitrogen and oxygen atoms in total. The van der Waals surface area contributed by atoms with Crippen LogP contribution in [-0.2, 0) is 17.1 Å². The first-order valence-corrected chi connectivity index (χ1v) is 10.9. The van der Waals surface area contributed by atoms with E-state index in [-0.39, 0.29) is 5.91 Å². The number of ether oxygens (including phenoxy) is 1. The molecule has 28 heavy (non-hydrogen) atoms. The van der Waals surface area contributed by atoms with Crippen LogP contribution in [-0.4, -0.2) is 39.3 Å². The maximum absolute atomic E-state index is 11.7. The van der Waals surface area contributed by atoms with Gasteiger partial charge >= 0.3 is 0 Å². The quantitative estimate of drug-likeness (QED) is 0.514. The Balaban J connectivity index is 1.78. The van der Waals surface area contributed by atoms with Crippen LogP contribution in [0.5, 0.6) is 5.75 Å². The fourth-order valence-electron chi connectivity index (χ4n) is 2.83. The number of para-hydroxylation sites is 1. The third-order valence-electron chi connectivity index (χ3n) is 4.20. The van der Waals surface area contributed by atoms with Crippen LogP contribution < -0.4 is 9.64 Å². The van der Waals surface area contributed by atoms with Crippen LogP contribution in [0.25, 0.3) is 11.4 Å². The number of rotatable bonds is 8. The Labute approximate surface area is 172 Å². The molecule has 3 aromatic rings. The van der Waals surface area contributed by atoms with Crippen molar-refractivity contribution >= 4 is 34.1 Å². The smallest absolute Gasteiger partial charge is 0.225 e. The van der Waals surface area contributed by atoms with Crippen LogP contribution in [0.15, 0.2) is 34.8 Å². The summed E-state index contributed by atoms with van der Waals surface area (Å²) < 4.78 is 7.54. The van der Waals surface area contributed by atoms with Gasteiger partial charge < -0.3 is 9.30 Å². The SMILES string of the molecule is CCN(C(C)=O)c1nc(CSc2nnc(-c3ccccc3OC)n2CC)cs1. The van der Waals surface area contributed by atoms with E-state index >= 15 is 0 Å². The first kappa shape index (κ1) is 20.3. The number of aromatic nitrogens is 4. The van der Waals surface area contributed by atoms with E-state index in [1.165, 1.54) is 11.3 Å². The number of anilines is 1. The molecule has 1 aromatic carbocycles. The summed E-state index contributed by atoms with van der Waals surface area (Å²) in [5.74, 6) is 2.23. The number of carbonyl (C=O) groups excluding carboxylic acids is 1. The third-order valence-corrected chi connectivity index (χ3v) is 6.11. The molecule has 0 saturated heterocycles. The maximum atomic E-state index is 11.7. The summed E-state index contributed by atoms with van der Waals surface area (Å²) in [5.41, 5.74) is 1.84. The second kappa shape index (κ2) is 9.20. The van der Waals surface area contributed by atoms with Crippen molar-refractivity contribution in [2.24, 2.45) is 0 Å². The number of nitrogens with zero attached hydrogens (tertiary/aromatic N) is 5. The highest BCUT2D eigenvalue weighted by Gasteiger charge is 2.18. The first-order chi connectivity index (χ1) is 13.6. The van der Waals surface area contributed by atoms with E-state index in [2.05, 4.69) is 26.7 Å². The fourth-order valence-corrected chi connectivity index (χ4v) is 4.76. The normalized spacial score (nSPS) is 10.9. The number of thioether (sulfide) groups is 1. The van der Waals surface area contributed by atoms with Gasteiger partial charge in [0.15, 0.2) is 16.1 Å². The van der Waals surface area contributed by atoms with E-state index in [4.69, 9.17) is 4.74 Å². The Hall–Kier alpha value is -2.39. The Morgan fingerprint density at radius 2 is 2.07 bits per heavy atom. The van der Waals surface area contributed by atoms with Crippen molar-refractivity contribution in [3.05, 3.63) is 35.3 Å². The molecule has 2 heterocycles. The summed E-state index contributed by atoms with van der Waals surface area (Å²) in [5, 5.41) is 12.3. The van der Waals surface area contributed by atoms with Crippen LogP contribution in [0, 0.1) is 0 Å². The van der Waals surface area contributed by atoms with Crippen molar-refractivity contribution in [3.63, 3.8) is 0 Å². The highest BCUT2D eigenvalue weighted by atomic mass is 32.2. The lowest BCUT2D eigenvalue weighted by molar-refractivity contribution is -0.116. The fraction of sp³-hybridized carbons (Fsp3) is 0.368. The molecule has 0 fully saturated rings. The summed E-state index contributed by atoms with van der Waals surface area (Å²) in [6, 6.07) is 7.80. The Morgan fingerprint density at radius 1 is 1.29 bits per heavy atom. The summed E-state index contributed by atoms with van der Waals surface area (Å²) in [7, 11) is 1.65. The standard InChI is InChI=1S/C19H23N5O2S2/c1-5-23(13(3)25)18-20-14(11-27-18)12-28-19-22-21-17(24(19)6-2)15-9-7-8-10-16(15)26-4/h7-11H,5-6,12H2,1-4H3. The van der Waals surface area contributed by atoms with Gasteiger partial charge in [-0.15, -0.1) is 21.5 Å². The van der Waals surface area contributed by atoms with Gasteiger partial charge in [-0.25, -0.2) is 4.98 Å². The number of benzene rings is 1. The van der Waals surface area contributed by atoms with Crippen molar-refractivity contribution in [1.82, 2.24) is 19.7 Å². The Kier molecular flexibility index (Phi) is 6.69. The lowest BCUT2D eigenvalue weighted by atomic mass is 10.2. The topological polar surface area (TPSA) is 73.1 Å². The third kappa shape index (κ3) is 4.20. The van der Waals surface area contributed by atoms with E-state index in [0.717, 1.165) is 39.7 Å². The molecule has 0 aliphatic carbocycles. The molecule has 9 heteroatoms. The van der Waals surface area contributed by atoms with E-state index in [0.29, 0.717) is 12.3 Å².